The fourth-order valence-corrected chi connectivity index (χ4v) is 1.89. The molecule has 1 aromatic heterocycles. The second kappa shape index (κ2) is 5.80. The van der Waals surface area contributed by atoms with Gasteiger partial charge in [0.25, 0.3) is 0 Å². The number of hydrogen-bond acceptors (Lipinski definition) is 3. The molecule has 0 spiro atoms. The zero-order chi connectivity index (χ0) is 13.8. The zero-order valence-electron chi connectivity index (χ0n) is 11.1. The van der Waals surface area contributed by atoms with Gasteiger partial charge in [0.05, 0.1) is 7.11 Å². The van der Waals surface area contributed by atoms with Gasteiger partial charge in [-0.25, -0.2) is 4.39 Å². The van der Waals surface area contributed by atoms with Crippen LogP contribution >= 0.6 is 0 Å². The van der Waals surface area contributed by atoms with Crippen LogP contribution in [0.5, 0.6) is 5.75 Å². The maximum atomic E-state index is 13.9. The minimum Gasteiger partial charge on any atom is -0.497 e. The molecule has 0 amide bonds. The van der Waals surface area contributed by atoms with E-state index in [0.29, 0.717) is 17.7 Å². The van der Waals surface area contributed by atoms with E-state index in [-0.39, 0.29) is 5.82 Å². The smallest absolute Gasteiger partial charge is 0.131 e. The number of pyridine rings is 1. The molecule has 0 aliphatic rings. The van der Waals surface area contributed by atoms with Crippen LogP contribution < -0.4 is 10.5 Å². The van der Waals surface area contributed by atoms with E-state index in [9.17, 15) is 4.39 Å². The Balaban J connectivity index is 2.15. The quantitative estimate of drug-likeness (QED) is 0.919. The first-order valence-electron chi connectivity index (χ1n) is 6.10. The Bertz CT molecular complexity index is 555. The second-order valence-corrected chi connectivity index (χ2v) is 4.52. The molecule has 2 aromatic rings. The highest BCUT2D eigenvalue weighted by Crippen LogP contribution is 2.22. The number of methoxy groups -OCH3 is 1. The average molecular weight is 260 g/mol. The van der Waals surface area contributed by atoms with Crippen LogP contribution in [0, 0.1) is 12.7 Å². The van der Waals surface area contributed by atoms with Crippen LogP contribution in [-0.2, 0) is 6.42 Å². The van der Waals surface area contributed by atoms with Gasteiger partial charge in [-0.1, -0.05) is 12.1 Å². The Kier molecular flexibility index (Phi) is 4.12. The van der Waals surface area contributed by atoms with Crippen molar-refractivity contribution in [2.75, 3.05) is 7.11 Å². The Hall–Kier alpha value is -1.94. The first-order chi connectivity index (χ1) is 9.10. The van der Waals surface area contributed by atoms with Gasteiger partial charge in [-0.3, -0.25) is 4.98 Å². The normalized spacial score (nSPS) is 12.2. The van der Waals surface area contributed by atoms with Crippen molar-refractivity contribution in [2.24, 2.45) is 5.73 Å². The van der Waals surface area contributed by atoms with Gasteiger partial charge in [0, 0.05) is 36.0 Å². The van der Waals surface area contributed by atoms with Crippen molar-refractivity contribution in [1.82, 2.24) is 4.98 Å². The lowest BCUT2D eigenvalue weighted by Gasteiger charge is -2.13. The first-order valence-corrected chi connectivity index (χ1v) is 6.10. The molecular weight excluding hydrogens is 243 g/mol. The van der Waals surface area contributed by atoms with Crippen LogP contribution in [0.2, 0.25) is 0 Å². The molecule has 0 radical (unpaired) electrons. The van der Waals surface area contributed by atoms with Gasteiger partial charge in [0.1, 0.15) is 11.6 Å². The Morgan fingerprint density at radius 2 is 2.11 bits per heavy atom. The molecule has 1 aromatic carbocycles. The van der Waals surface area contributed by atoms with Crippen molar-refractivity contribution < 1.29 is 9.13 Å². The lowest BCUT2D eigenvalue weighted by atomic mass is 10.0. The van der Waals surface area contributed by atoms with Crippen molar-refractivity contribution in [3.8, 4) is 5.75 Å². The number of rotatable bonds is 4. The van der Waals surface area contributed by atoms with Crippen LogP contribution in [0.1, 0.15) is 22.9 Å². The average Bonchev–Trinajstić information content (AvgIpc) is 2.41. The van der Waals surface area contributed by atoms with Crippen LogP contribution in [0.25, 0.3) is 0 Å². The molecule has 0 fully saturated rings. The number of aryl methyl sites for hydroxylation is 1. The fourth-order valence-electron chi connectivity index (χ4n) is 1.89. The summed E-state index contributed by atoms with van der Waals surface area (Å²) in [5.41, 5.74) is 8.46. The number of ether oxygens (including phenoxy) is 1. The minimum atomic E-state index is -0.416. The molecule has 0 saturated heterocycles. The standard InChI is InChI=1S/C15H17FN2O/c1-10-3-4-11(18-9-10)7-15(17)13-6-5-12(19-2)8-14(13)16/h3-6,8-9,15H,7,17H2,1-2H3. The Labute approximate surface area is 112 Å². The summed E-state index contributed by atoms with van der Waals surface area (Å²) in [5.74, 6) is 0.140. The summed E-state index contributed by atoms with van der Waals surface area (Å²) < 4.78 is 18.8. The summed E-state index contributed by atoms with van der Waals surface area (Å²) in [5, 5.41) is 0. The van der Waals surface area contributed by atoms with Gasteiger partial charge < -0.3 is 10.5 Å². The first kappa shape index (κ1) is 13.5. The number of halogens is 1. The van der Waals surface area contributed by atoms with Crippen molar-refractivity contribution in [1.29, 1.82) is 0 Å². The predicted octanol–water partition coefficient (Wildman–Crippen LogP) is 2.78. The molecule has 1 atom stereocenters. The van der Waals surface area contributed by atoms with Crippen LogP contribution in [-0.4, -0.2) is 12.1 Å². The van der Waals surface area contributed by atoms with Crippen molar-refractivity contribution in [3.63, 3.8) is 0 Å². The lowest BCUT2D eigenvalue weighted by Crippen LogP contribution is -2.15. The van der Waals surface area contributed by atoms with Crippen LogP contribution in [0.3, 0.4) is 0 Å². The fraction of sp³-hybridized carbons (Fsp3) is 0.267. The topological polar surface area (TPSA) is 48.1 Å². The monoisotopic (exact) mass is 260 g/mol. The molecule has 2 N–H and O–H groups in total. The molecule has 0 aliphatic carbocycles. The Morgan fingerprint density at radius 3 is 2.68 bits per heavy atom. The SMILES string of the molecule is COc1ccc(C(N)Cc2ccc(C)cn2)c(F)c1. The van der Waals surface area contributed by atoms with E-state index in [1.54, 1.807) is 18.3 Å². The maximum absolute atomic E-state index is 13.9. The molecule has 19 heavy (non-hydrogen) atoms. The number of benzene rings is 1. The summed E-state index contributed by atoms with van der Waals surface area (Å²) in [6.07, 6.45) is 2.29. The third-order valence-electron chi connectivity index (χ3n) is 3.01. The molecular formula is C15H17FN2O. The van der Waals surface area contributed by atoms with Gasteiger partial charge in [0.2, 0.25) is 0 Å². The van der Waals surface area contributed by atoms with Gasteiger partial charge >= 0.3 is 0 Å². The molecule has 0 aliphatic heterocycles. The highest BCUT2D eigenvalue weighted by molar-refractivity contribution is 5.31. The third-order valence-corrected chi connectivity index (χ3v) is 3.01. The second-order valence-electron chi connectivity index (χ2n) is 4.52. The highest BCUT2D eigenvalue weighted by Gasteiger charge is 2.13. The number of aromatic nitrogens is 1. The summed E-state index contributed by atoms with van der Waals surface area (Å²) in [4.78, 5) is 4.28. The van der Waals surface area contributed by atoms with E-state index in [2.05, 4.69) is 4.98 Å². The summed E-state index contributed by atoms with van der Waals surface area (Å²) >= 11 is 0. The summed E-state index contributed by atoms with van der Waals surface area (Å²) in [7, 11) is 1.50. The number of nitrogens with two attached hydrogens (primary N) is 1. The Morgan fingerprint density at radius 1 is 1.32 bits per heavy atom. The molecule has 4 heteroatoms. The van der Waals surface area contributed by atoms with Crippen molar-refractivity contribution in [3.05, 3.63) is 59.2 Å². The molecule has 1 unspecified atom stereocenters. The van der Waals surface area contributed by atoms with Crippen molar-refractivity contribution in [2.45, 2.75) is 19.4 Å². The van der Waals surface area contributed by atoms with Gasteiger partial charge in [-0.2, -0.15) is 0 Å². The minimum absolute atomic E-state index is 0.348. The molecule has 1 heterocycles. The van der Waals surface area contributed by atoms with Crippen molar-refractivity contribution >= 4 is 0 Å². The largest absolute Gasteiger partial charge is 0.497 e. The zero-order valence-corrected chi connectivity index (χ0v) is 11.1. The number of hydrogen-bond donors (Lipinski definition) is 1. The van der Waals surface area contributed by atoms with Crippen LogP contribution in [0.4, 0.5) is 4.39 Å². The molecule has 100 valence electrons. The van der Waals surface area contributed by atoms with Gasteiger partial charge in [0.15, 0.2) is 0 Å². The maximum Gasteiger partial charge on any atom is 0.131 e. The highest BCUT2D eigenvalue weighted by atomic mass is 19.1. The molecule has 3 nitrogen and oxygen atoms in total. The summed E-state index contributed by atoms with van der Waals surface area (Å²) in [6, 6.07) is 8.18. The van der Waals surface area contributed by atoms with E-state index in [1.807, 2.05) is 19.1 Å². The molecule has 0 bridgehead atoms. The van der Waals surface area contributed by atoms with E-state index >= 15 is 0 Å². The van der Waals surface area contributed by atoms with E-state index in [4.69, 9.17) is 10.5 Å². The van der Waals surface area contributed by atoms with E-state index < -0.39 is 6.04 Å². The van der Waals surface area contributed by atoms with Gasteiger partial charge in [-0.05, 0) is 24.6 Å². The van der Waals surface area contributed by atoms with Crippen LogP contribution in [0.15, 0.2) is 36.5 Å². The summed E-state index contributed by atoms with van der Waals surface area (Å²) in [6.45, 7) is 1.97. The van der Waals surface area contributed by atoms with E-state index in [0.717, 1.165) is 11.3 Å². The predicted molar refractivity (Wildman–Crippen MR) is 72.6 cm³/mol. The van der Waals surface area contributed by atoms with E-state index in [1.165, 1.54) is 13.2 Å². The van der Waals surface area contributed by atoms with Gasteiger partial charge in [-0.15, -0.1) is 0 Å². The third kappa shape index (κ3) is 3.29. The number of nitrogens with zero attached hydrogens (tertiary/aromatic N) is 1. The molecule has 0 saturated carbocycles. The molecule has 2 rings (SSSR count). The lowest BCUT2D eigenvalue weighted by molar-refractivity contribution is 0.410.